The summed E-state index contributed by atoms with van der Waals surface area (Å²) in [6, 6.07) is 21.1. The second-order valence-corrected chi connectivity index (χ2v) is 9.63. The number of carbonyl (C=O) groups is 1. The second kappa shape index (κ2) is 10.8. The molecule has 0 saturated carbocycles. The van der Waals surface area contributed by atoms with Gasteiger partial charge in [-0.15, -0.1) is 0 Å². The SMILES string of the molecule is CCCC(c1ccc(C(=O)OC)cc1)C(c1ccc(Br)cc1)c1cnc2cc(C(F)(F)F)ccc2c1. The fourth-order valence-corrected chi connectivity index (χ4v) is 4.90. The summed E-state index contributed by atoms with van der Waals surface area (Å²) in [5, 5.41) is 0.652. The van der Waals surface area contributed by atoms with E-state index in [9.17, 15) is 18.0 Å². The highest BCUT2D eigenvalue weighted by molar-refractivity contribution is 9.10. The zero-order valence-electron chi connectivity index (χ0n) is 19.9. The summed E-state index contributed by atoms with van der Waals surface area (Å²) in [5.74, 6) is -0.437. The number of carbonyl (C=O) groups excluding carboxylic acids is 1. The lowest BCUT2D eigenvalue weighted by atomic mass is 9.75. The predicted molar refractivity (Wildman–Crippen MR) is 138 cm³/mol. The van der Waals surface area contributed by atoms with Gasteiger partial charge in [-0.05, 0) is 71.5 Å². The lowest BCUT2D eigenvalue weighted by molar-refractivity contribution is -0.137. The van der Waals surface area contributed by atoms with Crippen LogP contribution < -0.4 is 0 Å². The highest BCUT2D eigenvalue weighted by atomic mass is 79.9. The molecule has 4 rings (SSSR count). The molecule has 0 aliphatic heterocycles. The van der Waals surface area contributed by atoms with E-state index in [2.05, 4.69) is 40.0 Å². The van der Waals surface area contributed by atoms with Crippen LogP contribution in [-0.2, 0) is 10.9 Å². The monoisotopic (exact) mass is 555 g/mol. The van der Waals surface area contributed by atoms with Crippen LogP contribution in [-0.4, -0.2) is 18.1 Å². The van der Waals surface area contributed by atoms with Gasteiger partial charge in [0.1, 0.15) is 0 Å². The summed E-state index contributed by atoms with van der Waals surface area (Å²) in [6.07, 6.45) is -0.951. The van der Waals surface area contributed by atoms with E-state index in [0.29, 0.717) is 16.5 Å². The maximum atomic E-state index is 13.2. The molecule has 0 bridgehead atoms. The van der Waals surface area contributed by atoms with Crippen LogP contribution in [0.25, 0.3) is 10.9 Å². The maximum Gasteiger partial charge on any atom is 0.416 e. The van der Waals surface area contributed by atoms with Gasteiger partial charge in [-0.2, -0.15) is 13.2 Å². The number of nitrogens with zero attached hydrogens (tertiary/aromatic N) is 1. The smallest absolute Gasteiger partial charge is 0.416 e. The van der Waals surface area contributed by atoms with Gasteiger partial charge in [0, 0.05) is 22.0 Å². The molecule has 0 amide bonds. The predicted octanol–water partition coefficient (Wildman–Crippen LogP) is 8.52. The van der Waals surface area contributed by atoms with E-state index in [1.165, 1.54) is 13.2 Å². The molecule has 3 nitrogen and oxygen atoms in total. The normalized spacial score (nSPS) is 13.4. The van der Waals surface area contributed by atoms with Crippen molar-refractivity contribution >= 4 is 32.8 Å². The molecule has 0 saturated heterocycles. The molecule has 2 unspecified atom stereocenters. The molecular weight excluding hydrogens is 531 g/mol. The molecule has 0 spiro atoms. The van der Waals surface area contributed by atoms with Gasteiger partial charge < -0.3 is 4.74 Å². The summed E-state index contributed by atoms with van der Waals surface area (Å²) in [7, 11) is 1.35. The maximum absolute atomic E-state index is 13.2. The Labute approximate surface area is 216 Å². The standard InChI is InChI=1S/C29H25BrF3NO2/c1-3-4-25(18-5-7-20(8-6-18)28(35)36-2)27(19-10-13-24(30)14-11-19)22-15-21-9-12-23(29(31,32)33)16-26(21)34-17-22/h5-17,25,27H,3-4H2,1-2H3. The van der Waals surface area contributed by atoms with Gasteiger partial charge in [-0.1, -0.05) is 59.6 Å². The number of methoxy groups -OCH3 is 1. The van der Waals surface area contributed by atoms with Crippen molar-refractivity contribution in [2.24, 2.45) is 0 Å². The summed E-state index contributed by atoms with van der Waals surface area (Å²) in [4.78, 5) is 16.4. The van der Waals surface area contributed by atoms with Crippen LogP contribution in [0.2, 0.25) is 0 Å². The second-order valence-electron chi connectivity index (χ2n) is 8.71. The molecule has 36 heavy (non-hydrogen) atoms. The minimum absolute atomic E-state index is 0.0524. The molecule has 7 heteroatoms. The van der Waals surface area contributed by atoms with Crippen molar-refractivity contribution in [1.82, 2.24) is 4.98 Å². The molecular formula is C29H25BrF3NO2. The van der Waals surface area contributed by atoms with Crippen LogP contribution in [0.4, 0.5) is 13.2 Å². The van der Waals surface area contributed by atoms with E-state index >= 15 is 0 Å². The number of esters is 1. The van der Waals surface area contributed by atoms with Gasteiger partial charge in [-0.25, -0.2) is 4.79 Å². The first-order valence-electron chi connectivity index (χ1n) is 11.6. The van der Waals surface area contributed by atoms with Crippen molar-refractivity contribution in [3.63, 3.8) is 0 Å². The van der Waals surface area contributed by atoms with Crippen molar-refractivity contribution in [3.8, 4) is 0 Å². The molecule has 0 aliphatic carbocycles. The highest BCUT2D eigenvalue weighted by Gasteiger charge is 2.31. The molecule has 1 aromatic heterocycles. The Kier molecular flexibility index (Phi) is 7.79. The number of pyridine rings is 1. The average molecular weight is 556 g/mol. The van der Waals surface area contributed by atoms with E-state index < -0.39 is 17.7 Å². The third kappa shape index (κ3) is 5.62. The van der Waals surface area contributed by atoms with Crippen LogP contribution in [0.1, 0.15) is 64.2 Å². The molecule has 4 aromatic rings. The minimum Gasteiger partial charge on any atom is -0.465 e. The van der Waals surface area contributed by atoms with Crippen LogP contribution >= 0.6 is 15.9 Å². The fraction of sp³-hybridized carbons (Fsp3) is 0.241. The van der Waals surface area contributed by atoms with Gasteiger partial charge >= 0.3 is 12.1 Å². The third-order valence-electron chi connectivity index (χ3n) is 6.38. The lowest BCUT2D eigenvalue weighted by Gasteiger charge is -2.29. The van der Waals surface area contributed by atoms with Crippen LogP contribution in [0.15, 0.2) is 83.5 Å². The Morgan fingerprint density at radius 1 is 0.944 bits per heavy atom. The van der Waals surface area contributed by atoms with Gasteiger partial charge in [-0.3, -0.25) is 4.98 Å². The van der Waals surface area contributed by atoms with Crippen LogP contribution in [0, 0.1) is 0 Å². The van der Waals surface area contributed by atoms with Crippen molar-refractivity contribution in [3.05, 3.63) is 111 Å². The first-order chi connectivity index (χ1) is 17.2. The third-order valence-corrected chi connectivity index (χ3v) is 6.91. The lowest BCUT2D eigenvalue weighted by Crippen LogP contribution is -2.14. The molecule has 3 aromatic carbocycles. The van der Waals surface area contributed by atoms with Gasteiger partial charge in [0.15, 0.2) is 0 Å². The van der Waals surface area contributed by atoms with E-state index in [1.807, 2.05) is 30.3 Å². The molecule has 2 atom stereocenters. The molecule has 0 fully saturated rings. The Morgan fingerprint density at radius 3 is 2.22 bits per heavy atom. The minimum atomic E-state index is -4.42. The number of fused-ring (bicyclic) bond motifs is 1. The Bertz CT molecular complexity index is 1350. The van der Waals surface area contributed by atoms with E-state index in [0.717, 1.165) is 46.1 Å². The van der Waals surface area contributed by atoms with Crippen molar-refractivity contribution in [2.45, 2.75) is 37.8 Å². The van der Waals surface area contributed by atoms with E-state index in [4.69, 9.17) is 4.74 Å². The first kappa shape index (κ1) is 25.9. The van der Waals surface area contributed by atoms with Crippen molar-refractivity contribution in [1.29, 1.82) is 0 Å². The first-order valence-corrected chi connectivity index (χ1v) is 12.4. The summed E-state index contributed by atoms with van der Waals surface area (Å²) in [5.41, 5.74) is 3.11. The number of hydrogen-bond acceptors (Lipinski definition) is 3. The Balaban J connectivity index is 1.83. The van der Waals surface area contributed by atoms with E-state index in [-0.39, 0.29) is 11.8 Å². The number of hydrogen-bond donors (Lipinski definition) is 0. The summed E-state index contributed by atoms with van der Waals surface area (Å²) < 4.78 is 45.4. The number of alkyl halides is 3. The highest BCUT2D eigenvalue weighted by Crippen LogP contribution is 2.42. The molecule has 0 radical (unpaired) electrons. The fourth-order valence-electron chi connectivity index (χ4n) is 4.63. The zero-order chi connectivity index (χ0) is 25.9. The van der Waals surface area contributed by atoms with Gasteiger partial charge in [0.25, 0.3) is 0 Å². The quantitative estimate of drug-likeness (QED) is 0.214. The molecule has 0 N–H and O–H groups in total. The van der Waals surface area contributed by atoms with Crippen LogP contribution in [0.5, 0.6) is 0 Å². The summed E-state index contributed by atoms with van der Waals surface area (Å²) >= 11 is 3.50. The van der Waals surface area contributed by atoms with E-state index in [1.54, 1.807) is 18.3 Å². The van der Waals surface area contributed by atoms with Gasteiger partial charge in [0.05, 0.1) is 23.8 Å². The summed E-state index contributed by atoms with van der Waals surface area (Å²) in [6.45, 7) is 2.12. The largest absolute Gasteiger partial charge is 0.465 e. The average Bonchev–Trinajstić information content (AvgIpc) is 2.88. The van der Waals surface area contributed by atoms with Crippen LogP contribution in [0.3, 0.4) is 0 Å². The number of ether oxygens (including phenoxy) is 1. The number of rotatable bonds is 7. The Hall–Kier alpha value is -3.19. The molecule has 0 aliphatic rings. The topological polar surface area (TPSA) is 39.2 Å². The van der Waals surface area contributed by atoms with Gasteiger partial charge in [0.2, 0.25) is 0 Å². The number of aromatic nitrogens is 1. The zero-order valence-corrected chi connectivity index (χ0v) is 21.4. The van der Waals surface area contributed by atoms with Crippen molar-refractivity contribution < 1.29 is 22.7 Å². The number of halogens is 4. The Morgan fingerprint density at radius 2 is 1.61 bits per heavy atom. The number of benzene rings is 3. The van der Waals surface area contributed by atoms with Crippen molar-refractivity contribution in [2.75, 3.05) is 7.11 Å². The molecule has 186 valence electrons. The molecule has 1 heterocycles.